The Bertz CT molecular complexity index is 649. The monoisotopic (exact) mass is 332 g/mol. The summed E-state index contributed by atoms with van der Waals surface area (Å²) in [5, 5.41) is 14.7. The van der Waals surface area contributed by atoms with Gasteiger partial charge < -0.3 is 5.11 Å². The first-order valence-corrected chi connectivity index (χ1v) is 9.65. The van der Waals surface area contributed by atoms with Crippen LogP contribution in [0.1, 0.15) is 56.2 Å². The van der Waals surface area contributed by atoms with Crippen molar-refractivity contribution in [1.29, 1.82) is 0 Å². The van der Waals surface area contributed by atoms with Crippen LogP contribution in [-0.2, 0) is 22.0 Å². The molecule has 1 unspecified atom stereocenters. The van der Waals surface area contributed by atoms with Crippen molar-refractivity contribution in [3.8, 4) is 0 Å². The van der Waals surface area contributed by atoms with Crippen LogP contribution < -0.4 is 0 Å². The maximum Gasteiger partial charge on any atom is 0.152 e. The molecule has 118 valence electrons. The molecule has 2 fully saturated rings. The van der Waals surface area contributed by atoms with Gasteiger partial charge >= 0.3 is 0 Å². The normalized spacial score (nSPS) is 29.3. The molecule has 2 aliphatic rings. The minimum atomic E-state index is -3.03. The molecule has 0 spiro atoms. The van der Waals surface area contributed by atoms with Gasteiger partial charge in [-0.2, -0.15) is 5.10 Å². The number of sulfone groups is 1. The molecule has 0 amide bonds. The van der Waals surface area contributed by atoms with Crippen molar-refractivity contribution in [2.45, 2.75) is 57.1 Å². The van der Waals surface area contributed by atoms with Gasteiger partial charge in [0.25, 0.3) is 0 Å². The zero-order valence-corrected chi connectivity index (χ0v) is 13.8. The highest BCUT2D eigenvalue weighted by Crippen LogP contribution is 2.40. The molecular weight excluding hydrogens is 312 g/mol. The maximum absolute atomic E-state index is 11.8. The van der Waals surface area contributed by atoms with E-state index in [2.05, 4.69) is 5.10 Å². The van der Waals surface area contributed by atoms with E-state index < -0.39 is 15.4 Å². The first-order chi connectivity index (χ1) is 9.86. The second-order valence-electron chi connectivity index (χ2n) is 6.54. The van der Waals surface area contributed by atoms with Crippen LogP contribution in [-0.4, -0.2) is 34.8 Å². The molecule has 1 saturated carbocycles. The number of hydrogen-bond acceptors (Lipinski definition) is 4. The number of aliphatic hydroxyl groups excluding tert-OH is 1. The predicted octanol–water partition coefficient (Wildman–Crippen LogP) is 2.22. The number of aromatic nitrogens is 2. The molecule has 7 heteroatoms. The van der Waals surface area contributed by atoms with Gasteiger partial charge in [0.1, 0.15) is 5.15 Å². The van der Waals surface area contributed by atoms with E-state index in [9.17, 15) is 13.5 Å². The second kappa shape index (κ2) is 5.25. The third-order valence-corrected chi connectivity index (χ3v) is 7.12. The Balaban J connectivity index is 2.03. The molecule has 5 nitrogen and oxygen atoms in total. The summed E-state index contributed by atoms with van der Waals surface area (Å²) in [6, 6.07) is 0. The molecule has 0 bridgehead atoms. The lowest BCUT2D eigenvalue weighted by atomic mass is 10.0. The van der Waals surface area contributed by atoms with Crippen LogP contribution in [0.4, 0.5) is 0 Å². The lowest BCUT2D eigenvalue weighted by Gasteiger charge is -2.24. The van der Waals surface area contributed by atoms with Crippen molar-refractivity contribution < 1.29 is 13.5 Å². The van der Waals surface area contributed by atoms with Gasteiger partial charge in [-0.3, -0.25) is 0 Å². The molecular formula is C14H21ClN2O3S. The van der Waals surface area contributed by atoms with E-state index in [1.54, 1.807) is 4.68 Å². The summed E-state index contributed by atoms with van der Waals surface area (Å²) < 4.78 is 25.3. The van der Waals surface area contributed by atoms with Gasteiger partial charge in [0.2, 0.25) is 0 Å². The number of hydrogen-bond donors (Lipinski definition) is 1. The van der Waals surface area contributed by atoms with Crippen LogP contribution in [0, 0.1) is 0 Å². The minimum Gasteiger partial charge on any atom is -0.391 e. The van der Waals surface area contributed by atoms with Gasteiger partial charge in [0.05, 0.1) is 29.3 Å². The van der Waals surface area contributed by atoms with Crippen molar-refractivity contribution in [3.63, 3.8) is 0 Å². The van der Waals surface area contributed by atoms with Crippen molar-refractivity contribution >= 4 is 21.4 Å². The Kier molecular flexibility index (Phi) is 3.83. The molecule has 2 heterocycles. The fourth-order valence-electron chi connectivity index (χ4n) is 3.64. The van der Waals surface area contributed by atoms with Crippen LogP contribution in [0.3, 0.4) is 0 Å². The average molecular weight is 333 g/mol. The van der Waals surface area contributed by atoms with Crippen molar-refractivity contribution in [2.24, 2.45) is 0 Å². The summed E-state index contributed by atoms with van der Waals surface area (Å²) in [7, 11) is -3.03. The van der Waals surface area contributed by atoms with E-state index in [0.29, 0.717) is 23.1 Å². The molecule has 1 N–H and O–H groups in total. The van der Waals surface area contributed by atoms with Crippen molar-refractivity contribution in [2.75, 3.05) is 11.5 Å². The second-order valence-corrected chi connectivity index (χ2v) is 9.09. The van der Waals surface area contributed by atoms with Crippen LogP contribution in [0.25, 0.3) is 0 Å². The predicted molar refractivity (Wildman–Crippen MR) is 81.3 cm³/mol. The number of aliphatic hydroxyl groups is 1. The number of nitrogens with zero attached hydrogens (tertiary/aromatic N) is 2. The zero-order chi connectivity index (χ0) is 15.3. The maximum atomic E-state index is 11.8. The van der Waals surface area contributed by atoms with Crippen molar-refractivity contribution in [1.82, 2.24) is 9.78 Å². The summed E-state index contributed by atoms with van der Waals surface area (Å²) >= 11 is 6.42. The first-order valence-electron chi connectivity index (χ1n) is 7.45. The van der Waals surface area contributed by atoms with E-state index in [1.807, 2.05) is 6.92 Å². The zero-order valence-electron chi connectivity index (χ0n) is 12.2. The fraction of sp³-hybridized carbons (Fsp3) is 0.786. The smallest absolute Gasteiger partial charge is 0.152 e. The summed E-state index contributed by atoms with van der Waals surface area (Å²) in [6.45, 7) is 1.74. The summed E-state index contributed by atoms with van der Waals surface area (Å²) in [6.07, 6.45) is 4.99. The quantitative estimate of drug-likeness (QED) is 0.921. The van der Waals surface area contributed by atoms with Crippen LogP contribution in [0.2, 0.25) is 5.15 Å². The molecule has 3 rings (SSSR count). The van der Waals surface area contributed by atoms with Crippen LogP contribution in [0.5, 0.6) is 0 Å². The molecule has 0 radical (unpaired) electrons. The Morgan fingerprint density at radius 2 is 2.10 bits per heavy atom. The van der Waals surface area contributed by atoms with E-state index in [0.717, 1.165) is 18.5 Å². The lowest BCUT2D eigenvalue weighted by Crippen LogP contribution is -2.32. The van der Waals surface area contributed by atoms with Gasteiger partial charge in [-0.25, -0.2) is 13.1 Å². The highest BCUT2D eigenvalue weighted by molar-refractivity contribution is 7.91. The highest BCUT2D eigenvalue weighted by Gasteiger charge is 2.43. The van der Waals surface area contributed by atoms with Gasteiger partial charge in [0, 0.05) is 11.5 Å². The van der Waals surface area contributed by atoms with Crippen LogP contribution >= 0.6 is 11.6 Å². The third kappa shape index (κ3) is 2.62. The van der Waals surface area contributed by atoms with E-state index in [4.69, 9.17) is 11.6 Å². The highest BCUT2D eigenvalue weighted by atomic mass is 35.5. The van der Waals surface area contributed by atoms with E-state index >= 15 is 0 Å². The fourth-order valence-corrected chi connectivity index (χ4v) is 6.14. The summed E-state index contributed by atoms with van der Waals surface area (Å²) in [4.78, 5) is 0. The van der Waals surface area contributed by atoms with Crippen LogP contribution in [0.15, 0.2) is 0 Å². The molecule has 1 aromatic rings. The standard InChI is InChI=1S/C14H21ClN2O3S/c1-14(6-7-21(19,20)9-14)17-13(15)11(8-18)12(16-17)10-4-2-3-5-10/h10,18H,2-9H2,1H3. The molecule has 1 aliphatic carbocycles. The Hall–Kier alpha value is -0.590. The topological polar surface area (TPSA) is 72.2 Å². The minimum absolute atomic E-state index is 0.0658. The molecule has 1 atom stereocenters. The van der Waals surface area contributed by atoms with Gasteiger partial charge in [0.15, 0.2) is 9.84 Å². The third-order valence-electron chi connectivity index (χ3n) is 4.85. The Labute approximate surface area is 130 Å². The van der Waals surface area contributed by atoms with E-state index in [1.165, 1.54) is 12.8 Å². The lowest BCUT2D eigenvalue weighted by molar-refractivity contribution is 0.279. The van der Waals surface area contributed by atoms with Gasteiger partial charge in [-0.1, -0.05) is 24.4 Å². The molecule has 1 aromatic heterocycles. The Morgan fingerprint density at radius 1 is 1.43 bits per heavy atom. The molecule has 0 aromatic carbocycles. The SMILES string of the molecule is CC1(n2nc(C3CCCC3)c(CO)c2Cl)CCS(=O)(=O)C1. The summed E-state index contributed by atoms with van der Waals surface area (Å²) in [5.74, 6) is 0.580. The summed E-state index contributed by atoms with van der Waals surface area (Å²) in [5.41, 5.74) is 0.941. The Morgan fingerprint density at radius 3 is 2.62 bits per heavy atom. The molecule has 21 heavy (non-hydrogen) atoms. The van der Waals surface area contributed by atoms with Gasteiger partial charge in [-0.15, -0.1) is 0 Å². The largest absolute Gasteiger partial charge is 0.391 e. The first kappa shape index (κ1) is 15.3. The molecule has 1 aliphatic heterocycles. The van der Waals surface area contributed by atoms with E-state index in [-0.39, 0.29) is 18.1 Å². The van der Waals surface area contributed by atoms with Gasteiger partial charge in [-0.05, 0) is 26.2 Å². The average Bonchev–Trinajstić information content (AvgIpc) is 3.08. The van der Waals surface area contributed by atoms with Crippen molar-refractivity contribution in [3.05, 3.63) is 16.4 Å². The number of halogens is 1. The number of rotatable bonds is 3. The molecule has 1 saturated heterocycles.